The monoisotopic (exact) mass is 293 g/mol. The van der Waals surface area contributed by atoms with Crippen molar-refractivity contribution in [3.8, 4) is 0 Å². The number of hydrogen-bond acceptors (Lipinski definition) is 2. The van der Waals surface area contributed by atoms with Gasteiger partial charge in [-0.15, -0.1) is 11.6 Å². The molecule has 1 aliphatic carbocycles. The molecule has 0 aromatic rings. The molecule has 0 aromatic heterocycles. The van der Waals surface area contributed by atoms with Crippen LogP contribution in [0.1, 0.15) is 25.7 Å². The van der Waals surface area contributed by atoms with E-state index in [0.29, 0.717) is 5.88 Å². The van der Waals surface area contributed by atoms with Crippen molar-refractivity contribution in [1.82, 2.24) is 4.72 Å². The van der Waals surface area contributed by atoms with Crippen LogP contribution in [0.2, 0.25) is 0 Å². The van der Waals surface area contributed by atoms with Gasteiger partial charge in [-0.05, 0) is 24.7 Å². The van der Waals surface area contributed by atoms with E-state index in [4.69, 9.17) is 11.6 Å². The Kier molecular flexibility index (Phi) is 4.71. The molecule has 1 fully saturated rings. The van der Waals surface area contributed by atoms with Crippen LogP contribution in [0.25, 0.3) is 0 Å². The molecular formula is C9H15ClF3NO2S. The van der Waals surface area contributed by atoms with Crippen LogP contribution in [-0.2, 0) is 10.0 Å². The predicted octanol–water partition coefficient (Wildman–Crippen LogP) is 2.27. The van der Waals surface area contributed by atoms with Gasteiger partial charge in [0, 0.05) is 18.8 Å². The van der Waals surface area contributed by atoms with Crippen molar-refractivity contribution < 1.29 is 21.6 Å². The molecule has 0 atom stereocenters. The van der Waals surface area contributed by atoms with E-state index in [2.05, 4.69) is 4.72 Å². The van der Waals surface area contributed by atoms with Gasteiger partial charge in [0.2, 0.25) is 10.0 Å². The van der Waals surface area contributed by atoms with Gasteiger partial charge in [-0.25, -0.2) is 13.1 Å². The Morgan fingerprint density at radius 3 is 2.29 bits per heavy atom. The highest BCUT2D eigenvalue weighted by Gasteiger charge is 2.42. The van der Waals surface area contributed by atoms with E-state index in [-0.39, 0.29) is 12.0 Å². The Labute approximate surface area is 104 Å². The van der Waals surface area contributed by atoms with E-state index >= 15 is 0 Å². The summed E-state index contributed by atoms with van der Waals surface area (Å²) in [6, 6.07) is 0. The standard InChI is InChI=1S/C9H15ClF3NO2S/c10-6-8(3-4-8)7-14-17(15,16)5-1-2-9(11,12)13/h14H,1-7H2. The molecule has 0 bridgehead atoms. The maximum Gasteiger partial charge on any atom is 0.389 e. The molecule has 0 aromatic carbocycles. The van der Waals surface area contributed by atoms with Crippen LogP contribution in [0, 0.1) is 5.41 Å². The fourth-order valence-corrected chi connectivity index (χ4v) is 2.89. The van der Waals surface area contributed by atoms with Crippen LogP contribution >= 0.6 is 11.6 Å². The first-order valence-electron chi connectivity index (χ1n) is 5.28. The first-order valence-corrected chi connectivity index (χ1v) is 7.47. The predicted molar refractivity (Wildman–Crippen MR) is 59.5 cm³/mol. The van der Waals surface area contributed by atoms with Crippen LogP contribution in [0.5, 0.6) is 0 Å². The van der Waals surface area contributed by atoms with Crippen LogP contribution in [0.3, 0.4) is 0 Å². The molecular weight excluding hydrogens is 279 g/mol. The number of hydrogen-bond donors (Lipinski definition) is 1. The molecule has 0 saturated heterocycles. The van der Waals surface area contributed by atoms with E-state index < -0.39 is 34.8 Å². The summed E-state index contributed by atoms with van der Waals surface area (Å²) in [5.74, 6) is -0.122. The second-order valence-electron chi connectivity index (χ2n) is 4.49. The topological polar surface area (TPSA) is 46.2 Å². The van der Waals surface area contributed by atoms with Gasteiger partial charge in [-0.3, -0.25) is 0 Å². The summed E-state index contributed by atoms with van der Waals surface area (Å²) >= 11 is 5.67. The quantitative estimate of drug-likeness (QED) is 0.732. The second-order valence-corrected chi connectivity index (χ2v) is 6.69. The Morgan fingerprint density at radius 1 is 1.29 bits per heavy atom. The maximum atomic E-state index is 11.8. The highest BCUT2D eigenvalue weighted by Crippen LogP contribution is 2.45. The molecule has 0 spiro atoms. The third-order valence-electron chi connectivity index (χ3n) is 2.78. The van der Waals surface area contributed by atoms with Crippen LogP contribution in [-0.4, -0.2) is 32.8 Å². The molecule has 0 unspecified atom stereocenters. The first kappa shape index (κ1) is 15.0. The lowest BCUT2D eigenvalue weighted by molar-refractivity contribution is -0.134. The van der Waals surface area contributed by atoms with Crippen LogP contribution in [0.15, 0.2) is 0 Å². The third-order valence-corrected chi connectivity index (χ3v) is 4.76. The van der Waals surface area contributed by atoms with Crippen molar-refractivity contribution in [3.05, 3.63) is 0 Å². The van der Waals surface area contributed by atoms with Crippen molar-refractivity contribution in [1.29, 1.82) is 0 Å². The minimum Gasteiger partial charge on any atom is -0.215 e. The Bertz CT molecular complexity index is 352. The summed E-state index contributed by atoms with van der Waals surface area (Å²) in [5, 5.41) is 0. The number of sulfonamides is 1. The van der Waals surface area contributed by atoms with E-state index in [0.717, 1.165) is 12.8 Å². The number of nitrogens with one attached hydrogen (secondary N) is 1. The van der Waals surface area contributed by atoms with Gasteiger partial charge in [0.25, 0.3) is 0 Å². The van der Waals surface area contributed by atoms with Crippen molar-refractivity contribution in [2.75, 3.05) is 18.2 Å². The van der Waals surface area contributed by atoms with E-state index in [1.165, 1.54) is 0 Å². The molecule has 0 heterocycles. The molecule has 1 rings (SSSR count). The fraction of sp³-hybridized carbons (Fsp3) is 1.00. The first-order chi connectivity index (χ1) is 7.68. The lowest BCUT2D eigenvalue weighted by Crippen LogP contribution is -2.33. The molecule has 0 aliphatic heterocycles. The molecule has 17 heavy (non-hydrogen) atoms. The smallest absolute Gasteiger partial charge is 0.215 e. The van der Waals surface area contributed by atoms with E-state index in [1.807, 2.05) is 0 Å². The fourth-order valence-electron chi connectivity index (χ4n) is 1.33. The number of halogens is 4. The second kappa shape index (κ2) is 5.32. The maximum absolute atomic E-state index is 11.8. The summed E-state index contributed by atoms with van der Waals surface area (Å²) in [6.45, 7) is 0.227. The largest absolute Gasteiger partial charge is 0.389 e. The summed E-state index contributed by atoms with van der Waals surface area (Å²) in [6.07, 6.45) is -4.06. The average molecular weight is 294 g/mol. The number of rotatable bonds is 7. The number of alkyl halides is 4. The lowest BCUT2D eigenvalue weighted by atomic mass is 10.1. The molecule has 0 amide bonds. The van der Waals surface area contributed by atoms with Gasteiger partial charge in [-0.1, -0.05) is 0 Å². The van der Waals surface area contributed by atoms with Gasteiger partial charge >= 0.3 is 6.18 Å². The van der Waals surface area contributed by atoms with E-state index in [9.17, 15) is 21.6 Å². The Hall–Kier alpha value is -0.0100. The van der Waals surface area contributed by atoms with E-state index in [1.54, 1.807) is 0 Å². The minimum absolute atomic E-state index is 0.168. The zero-order valence-electron chi connectivity index (χ0n) is 9.19. The Balaban J connectivity index is 2.27. The highest BCUT2D eigenvalue weighted by atomic mass is 35.5. The molecule has 1 saturated carbocycles. The molecule has 8 heteroatoms. The molecule has 1 N–H and O–H groups in total. The van der Waals surface area contributed by atoms with Crippen molar-refractivity contribution in [2.45, 2.75) is 31.9 Å². The Morgan fingerprint density at radius 2 is 1.88 bits per heavy atom. The lowest BCUT2D eigenvalue weighted by Gasteiger charge is -2.13. The van der Waals surface area contributed by atoms with Gasteiger partial charge in [-0.2, -0.15) is 13.2 Å². The zero-order valence-corrected chi connectivity index (χ0v) is 10.8. The normalized spacial score (nSPS) is 19.3. The van der Waals surface area contributed by atoms with Crippen LogP contribution < -0.4 is 4.72 Å². The zero-order chi connectivity index (χ0) is 13.2. The van der Waals surface area contributed by atoms with Gasteiger partial charge in [0.05, 0.1) is 5.75 Å². The molecule has 0 radical (unpaired) electrons. The third kappa shape index (κ3) is 5.92. The van der Waals surface area contributed by atoms with Crippen molar-refractivity contribution in [3.63, 3.8) is 0 Å². The summed E-state index contributed by atoms with van der Waals surface area (Å²) in [5.41, 5.74) is -0.168. The molecule has 3 nitrogen and oxygen atoms in total. The average Bonchev–Trinajstić information content (AvgIpc) is 2.93. The summed E-state index contributed by atoms with van der Waals surface area (Å²) < 4.78 is 60.6. The summed E-state index contributed by atoms with van der Waals surface area (Å²) in [4.78, 5) is 0. The molecule has 1 aliphatic rings. The SMILES string of the molecule is O=S(=O)(CCCC(F)(F)F)NCC1(CCl)CC1. The summed E-state index contributed by atoms with van der Waals surface area (Å²) in [7, 11) is -3.62. The van der Waals surface area contributed by atoms with Crippen molar-refractivity contribution in [2.24, 2.45) is 5.41 Å². The highest BCUT2D eigenvalue weighted by molar-refractivity contribution is 7.89. The van der Waals surface area contributed by atoms with Gasteiger partial charge < -0.3 is 0 Å². The van der Waals surface area contributed by atoms with Crippen molar-refractivity contribution >= 4 is 21.6 Å². The van der Waals surface area contributed by atoms with Crippen LogP contribution in [0.4, 0.5) is 13.2 Å². The molecule has 102 valence electrons. The van der Waals surface area contributed by atoms with Gasteiger partial charge in [0.1, 0.15) is 0 Å². The van der Waals surface area contributed by atoms with Gasteiger partial charge in [0.15, 0.2) is 0 Å². The minimum atomic E-state index is -4.30.